The summed E-state index contributed by atoms with van der Waals surface area (Å²) in [5.74, 6) is 0. The van der Waals surface area contributed by atoms with Gasteiger partial charge in [0.25, 0.3) is 0 Å². The second kappa shape index (κ2) is 5.29. The Labute approximate surface area is 121 Å². The first-order chi connectivity index (χ1) is 9.18. The molecule has 0 amide bonds. The van der Waals surface area contributed by atoms with Gasteiger partial charge in [0, 0.05) is 18.0 Å². The van der Waals surface area contributed by atoms with E-state index in [9.17, 15) is 13.2 Å². The van der Waals surface area contributed by atoms with E-state index in [-0.39, 0.29) is 0 Å². The number of halogens is 3. The van der Waals surface area contributed by atoms with Crippen LogP contribution in [0.3, 0.4) is 0 Å². The van der Waals surface area contributed by atoms with Gasteiger partial charge < -0.3 is 0 Å². The highest BCUT2D eigenvalue weighted by Gasteiger charge is 2.32. The zero-order valence-corrected chi connectivity index (χ0v) is 12.6. The van der Waals surface area contributed by atoms with Crippen molar-refractivity contribution in [3.8, 4) is 11.1 Å². The molecule has 2 nitrogen and oxygen atoms in total. The lowest BCUT2D eigenvalue weighted by Gasteiger charge is -2.23. The molecule has 2 aromatic heterocycles. The number of hydrogen-bond donors (Lipinski definition) is 1. The molecule has 7 heteroatoms. The maximum atomic E-state index is 12.5. The van der Waals surface area contributed by atoms with E-state index in [1.807, 2.05) is 18.6 Å². The minimum Gasteiger partial charge on any atom is -0.251 e. The summed E-state index contributed by atoms with van der Waals surface area (Å²) in [6, 6.07) is 5.98. The van der Waals surface area contributed by atoms with Crippen molar-refractivity contribution in [2.75, 3.05) is 12.5 Å². The maximum absolute atomic E-state index is 12.5. The fourth-order valence-corrected chi connectivity index (χ4v) is 2.63. The molecule has 0 aromatic carbocycles. The number of aromatic nitrogens is 2. The molecule has 0 unspecified atom stereocenters. The molecule has 0 spiro atoms. The first-order valence-corrected chi connectivity index (χ1v) is 9.13. The smallest absolute Gasteiger partial charge is 0.251 e. The third-order valence-corrected chi connectivity index (χ3v) is 4.44. The van der Waals surface area contributed by atoms with E-state index in [1.165, 1.54) is 12.3 Å². The van der Waals surface area contributed by atoms with Crippen LogP contribution in [-0.2, 0) is 6.18 Å². The van der Waals surface area contributed by atoms with Gasteiger partial charge in [0.15, 0.2) is 0 Å². The summed E-state index contributed by atoms with van der Waals surface area (Å²) in [6.45, 7) is 0. The van der Waals surface area contributed by atoms with Gasteiger partial charge in [-0.1, -0.05) is 6.07 Å². The molecule has 108 valence electrons. The van der Waals surface area contributed by atoms with Crippen molar-refractivity contribution in [1.29, 1.82) is 0 Å². The monoisotopic (exact) mass is 318 g/mol. The number of rotatable bonds is 2. The lowest BCUT2D eigenvalue weighted by atomic mass is 10.1. The summed E-state index contributed by atoms with van der Waals surface area (Å²) in [6.07, 6.45) is 2.40. The molecule has 2 rings (SSSR count). The Morgan fingerprint density at radius 2 is 1.75 bits per heavy atom. The van der Waals surface area contributed by atoms with E-state index in [0.29, 0.717) is 5.56 Å². The molecule has 0 atom stereocenters. The van der Waals surface area contributed by atoms with Crippen LogP contribution in [-0.4, -0.2) is 22.5 Å². The molecule has 2 aromatic rings. The second-order valence-electron chi connectivity index (χ2n) is 4.59. The Bertz CT molecular complexity index is 604. The minimum atomic E-state index is -4.42. The van der Waals surface area contributed by atoms with E-state index in [2.05, 4.69) is 21.6 Å². The van der Waals surface area contributed by atoms with Gasteiger partial charge >= 0.3 is 6.18 Å². The Morgan fingerprint density at radius 1 is 1.05 bits per heavy atom. The zero-order chi connectivity index (χ0) is 15.0. The van der Waals surface area contributed by atoms with Crippen molar-refractivity contribution in [3.05, 3.63) is 42.4 Å². The second-order valence-corrected chi connectivity index (χ2v) is 10.3. The van der Waals surface area contributed by atoms with Crippen LogP contribution >= 0.6 is 20.7 Å². The maximum Gasteiger partial charge on any atom is 0.433 e. The summed E-state index contributed by atoms with van der Waals surface area (Å²) >= 11 is 4.51. The van der Waals surface area contributed by atoms with Gasteiger partial charge in [0.05, 0.1) is 5.03 Å². The quantitative estimate of drug-likeness (QED) is 0.655. The third kappa shape index (κ3) is 3.46. The summed E-state index contributed by atoms with van der Waals surface area (Å²) in [5, 5.41) is 0.832. The van der Waals surface area contributed by atoms with Gasteiger partial charge in [0.1, 0.15) is 5.69 Å². The van der Waals surface area contributed by atoms with Crippen LogP contribution in [0.1, 0.15) is 5.69 Å². The van der Waals surface area contributed by atoms with Gasteiger partial charge in [-0.05, 0) is 36.3 Å². The van der Waals surface area contributed by atoms with E-state index in [4.69, 9.17) is 0 Å². The lowest BCUT2D eigenvalue weighted by Crippen LogP contribution is -2.07. The number of hydrogen-bond acceptors (Lipinski definition) is 3. The molecular formula is C13H13F3N2S2. The Kier molecular flexibility index (Phi) is 4.02. The summed E-state index contributed by atoms with van der Waals surface area (Å²) < 4.78 is 37.4. The van der Waals surface area contributed by atoms with Crippen LogP contribution in [0, 0.1) is 0 Å². The highest BCUT2D eigenvalue weighted by Crippen LogP contribution is 2.52. The summed E-state index contributed by atoms with van der Waals surface area (Å²) in [7, 11) is -1.28. The highest BCUT2D eigenvalue weighted by atomic mass is 33.1. The molecule has 0 aliphatic carbocycles. The van der Waals surface area contributed by atoms with Crippen LogP contribution in [0.15, 0.2) is 41.7 Å². The van der Waals surface area contributed by atoms with Gasteiger partial charge in [-0.25, -0.2) is 0 Å². The summed E-state index contributed by atoms with van der Waals surface area (Å²) in [5.41, 5.74) is 0.514. The molecule has 0 saturated heterocycles. The SMILES string of the molecule is CS(C)(S)c1cc(-c2ccc(C(F)(F)F)nc2)ccn1. The largest absolute Gasteiger partial charge is 0.433 e. The average molecular weight is 318 g/mol. The van der Waals surface area contributed by atoms with Crippen LogP contribution in [0.4, 0.5) is 13.2 Å². The fraction of sp³-hybridized carbons (Fsp3) is 0.231. The topological polar surface area (TPSA) is 25.8 Å². The fourth-order valence-electron chi connectivity index (χ4n) is 1.59. The van der Waals surface area contributed by atoms with Crippen LogP contribution in [0.5, 0.6) is 0 Å². The molecule has 0 N–H and O–H groups in total. The summed E-state index contributed by atoms with van der Waals surface area (Å²) in [4.78, 5) is 7.71. The first-order valence-electron chi connectivity index (χ1n) is 5.63. The number of nitrogens with zero attached hydrogens (tertiary/aromatic N) is 2. The standard InChI is InChI=1S/C13H13F3N2S2/c1-20(2,19)12-7-9(5-6-17-12)10-3-4-11(18-8-10)13(14,15)16/h3-8,19H,1-2H3. The van der Waals surface area contributed by atoms with Crippen LogP contribution < -0.4 is 0 Å². The number of alkyl halides is 3. The molecular weight excluding hydrogens is 305 g/mol. The van der Waals surface area contributed by atoms with Gasteiger partial charge in [-0.15, -0.1) is 11.7 Å². The van der Waals surface area contributed by atoms with E-state index in [1.54, 1.807) is 12.3 Å². The molecule has 0 radical (unpaired) electrons. The van der Waals surface area contributed by atoms with Crippen molar-refractivity contribution in [2.45, 2.75) is 11.2 Å². The van der Waals surface area contributed by atoms with Crippen LogP contribution in [0.25, 0.3) is 11.1 Å². The highest BCUT2D eigenvalue weighted by molar-refractivity contribution is 8.87. The van der Waals surface area contributed by atoms with Gasteiger partial charge in [0.2, 0.25) is 0 Å². The Balaban J connectivity index is 2.38. The zero-order valence-electron chi connectivity index (χ0n) is 10.8. The predicted molar refractivity (Wildman–Crippen MR) is 79.2 cm³/mol. The third-order valence-electron chi connectivity index (χ3n) is 2.63. The predicted octanol–water partition coefficient (Wildman–Crippen LogP) is 4.43. The van der Waals surface area contributed by atoms with Crippen LogP contribution in [0.2, 0.25) is 0 Å². The number of pyridine rings is 2. The Hall–Kier alpha value is -1.21. The molecule has 0 aliphatic rings. The van der Waals surface area contributed by atoms with Gasteiger partial charge in [-0.3, -0.25) is 9.97 Å². The molecule has 0 fully saturated rings. The molecule has 20 heavy (non-hydrogen) atoms. The Morgan fingerprint density at radius 3 is 2.25 bits per heavy atom. The lowest BCUT2D eigenvalue weighted by molar-refractivity contribution is -0.141. The molecule has 0 bridgehead atoms. The molecule has 0 aliphatic heterocycles. The van der Waals surface area contributed by atoms with Crippen molar-refractivity contribution in [2.24, 2.45) is 0 Å². The average Bonchev–Trinajstić information content (AvgIpc) is 2.37. The van der Waals surface area contributed by atoms with E-state index in [0.717, 1.165) is 16.7 Å². The molecule has 0 saturated carbocycles. The molecule has 2 heterocycles. The van der Waals surface area contributed by atoms with Crippen molar-refractivity contribution < 1.29 is 13.2 Å². The van der Waals surface area contributed by atoms with Crippen molar-refractivity contribution in [1.82, 2.24) is 9.97 Å². The van der Waals surface area contributed by atoms with E-state index < -0.39 is 20.9 Å². The first kappa shape index (κ1) is 15.2. The van der Waals surface area contributed by atoms with E-state index >= 15 is 0 Å². The van der Waals surface area contributed by atoms with Crippen molar-refractivity contribution >= 4 is 20.7 Å². The normalized spacial score (nSPS) is 13.3. The minimum absolute atomic E-state index is 0.624. The van der Waals surface area contributed by atoms with Gasteiger partial charge in [-0.2, -0.15) is 22.2 Å². The number of thiol groups is 1. The van der Waals surface area contributed by atoms with Crippen molar-refractivity contribution in [3.63, 3.8) is 0 Å².